The third-order valence-corrected chi connectivity index (χ3v) is 4.45. The lowest BCUT2D eigenvalue weighted by Crippen LogP contribution is -2.13. The molecule has 0 saturated heterocycles. The molecule has 0 aliphatic carbocycles. The van der Waals surface area contributed by atoms with Gasteiger partial charge in [-0.25, -0.2) is 0 Å². The zero-order chi connectivity index (χ0) is 15.2. The van der Waals surface area contributed by atoms with Crippen molar-refractivity contribution in [2.45, 2.75) is 11.3 Å². The van der Waals surface area contributed by atoms with E-state index in [2.05, 4.69) is 5.32 Å². The Labute approximate surface area is 137 Å². The largest absolute Gasteiger partial charge is 0.398 e. The Hall–Kier alpha value is -1.36. The lowest BCUT2D eigenvalue weighted by atomic mass is 10.3. The minimum atomic E-state index is -0.132. The number of halogens is 2. The minimum Gasteiger partial charge on any atom is -0.398 e. The van der Waals surface area contributed by atoms with Crippen LogP contribution in [0.5, 0.6) is 0 Å². The molecule has 0 bridgehead atoms. The predicted molar refractivity (Wildman–Crippen MR) is 91.3 cm³/mol. The number of hydrogen-bond donors (Lipinski definition) is 2. The van der Waals surface area contributed by atoms with Crippen molar-refractivity contribution in [2.75, 3.05) is 16.8 Å². The molecule has 110 valence electrons. The first-order valence-corrected chi connectivity index (χ1v) is 8.03. The normalized spacial score (nSPS) is 10.4. The first-order chi connectivity index (χ1) is 10.1. The standard InChI is InChI=1S/C15H14Cl2N2OS/c16-10-4-3-5-11(17)15(10)19-14(20)8-9-21-13-7-2-1-6-12(13)18/h1-7H,8-9,18H2,(H,19,20). The van der Waals surface area contributed by atoms with E-state index in [4.69, 9.17) is 28.9 Å². The van der Waals surface area contributed by atoms with Crippen molar-refractivity contribution >= 4 is 52.2 Å². The minimum absolute atomic E-state index is 0.132. The Balaban J connectivity index is 1.87. The van der Waals surface area contributed by atoms with Gasteiger partial charge in [-0.05, 0) is 24.3 Å². The van der Waals surface area contributed by atoms with Crippen LogP contribution < -0.4 is 11.1 Å². The van der Waals surface area contributed by atoms with E-state index in [-0.39, 0.29) is 5.91 Å². The molecule has 1 amide bonds. The van der Waals surface area contributed by atoms with Gasteiger partial charge in [0.25, 0.3) is 0 Å². The van der Waals surface area contributed by atoms with Crippen LogP contribution in [0.25, 0.3) is 0 Å². The van der Waals surface area contributed by atoms with Crippen LogP contribution in [0.4, 0.5) is 11.4 Å². The van der Waals surface area contributed by atoms with Crippen molar-refractivity contribution in [2.24, 2.45) is 0 Å². The maximum atomic E-state index is 11.9. The number of rotatable bonds is 5. The van der Waals surface area contributed by atoms with Crippen molar-refractivity contribution in [1.82, 2.24) is 0 Å². The smallest absolute Gasteiger partial charge is 0.225 e. The van der Waals surface area contributed by atoms with Crippen LogP contribution in [-0.2, 0) is 4.79 Å². The summed E-state index contributed by atoms with van der Waals surface area (Å²) in [5.41, 5.74) is 7.02. The fourth-order valence-corrected chi connectivity index (χ4v) is 3.09. The highest BCUT2D eigenvalue weighted by Crippen LogP contribution is 2.30. The van der Waals surface area contributed by atoms with Gasteiger partial charge in [-0.15, -0.1) is 11.8 Å². The number of hydrogen-bond acceptors (Lipinski definition) is 3. The Morgan fingerprint density at radius 3 is 2.43 bits per heavy atom. The molecule has 0 heterocycles. The van der Waals surface area contributed by atoms with Gasteiger partial charge in [0, 0.05) is 22.8 Å². The molecule has 0 fully saturated rings. The van der Waals surface area contributed by atoms with Crippen LogP contribution in [0.15, 0.2) is 47.4 Å². The fraction of sp³-hybridized carbons (Fsp3) is 0.133. The summed E-state index contributed by atoms with van der Waals surface area (Å²) in [4.78, 5) is 12.9. The van der Waals surface area contributed by atoms with E-state index in [9.17, 15) is 4.79 Å². The average Bonchev–Trinajstić information content (AvgIpc) is 2.45. The number of carbonyl (C=O) groups is 1. The van der Waals surface area contributed by atoms with Crippen LogP contribution in [0.2, 0.25) is 10.0 Å². The molecule has 0 aliphatic heterocycles. The fourth-order valence-electron chi connectivity index (χ4n) is 1.68. The third-order valence-electron chi connectivity index (χ3n) is 2.73. The number of nitrogen functional groups attached to an aromatic ring is 1. The first-order valence-electron chi connectivity index (χ1n) is 6.29. The van der Waals surface area contributed by atoms with Gasteiger partial charge in [0.05, 0.1) is 15.7 Å². The number of para-hydroxylation sites is 2. The zero-order valence-electron chi connectivity index (χ0n) is 11.1. The highest BCUT2D eigenvalue weighted by atomic mass is 35.5. The highest BCUT2D eigenvalue weighted by Gasteiger charge is 2.09. The monoisotopic (exact) mass is 340 g/mol. The number of amides is 1. The van der Waals surface area contributed by atoms with Crippen molar-refractivity contribution in [3.05, 3.63) is 52.5 Å². The molecule has 0 aliphatic rings. The Morgan fingerprint density at radius 2 is 1.76 bits per heavy atom. The van der Waals surface area contributed by atoms with Crippen LogP contribution in [0, 0.1) is 0 Å². The maximum Gasteiger partial charge on any atom is 0.225 e. The molecule has 2 rings (SSSR count). The van der Waals surface area contributed by atoms with E-state index in [0.717, 1.165) is 10.6 Å². The molecule has 0 radical (unpaired) electrons. The van der Waals surface area contributed by atoms with Crippen LogP contribution in [0.3, 0.4) is 0 Å². The van der Waals surface area contributed by atoms with Crippen molar-refractivity contribution in [3.63, 3.8) is 0 Å². The average molecular weight is 341 g/mol. The van der Waals surface area contributed by atoms with E-state index < -0.39 is 0 Å². The number of nitrogens with two attached hydrogens (primary N) is 1. The molecule has 0 aromatic heterocycles. The van der Waals surface area contributed by atoms with Crippen LogP contribution >= 0.6 is 35.0 Å². The first kappa shape index (κ1) is 16.0. The number of anilines is 2. The molecule has 0 spiro atoms. The molecule has 0 unspecified atom stereocenters. The number of carbonyl (C=O) groups excluding carboxylic acids is 1. The van der Waals surface area contributed by atoms with E-state index in [1.54, 1.807) is 30.0 Å². The second-order valence-electron chi connectivity index (χ2n) is 4.28. The molecule has 0 atom stereocenters. The SMILES string of the molecule is Nc1ccccc1SCCC(=O)Nc1c(Cl)cccc1Cl. The number of thioether (sulfide) groups is 1. The predicted octanol–water partition coefficient (Wildman–Crippen LogP) is 4.70. The maximum absolute atomic E-state index is 11.9. The van der Waals surface area contributed by atoms with Gasteiger partial charge in [0.15, 0.2) is 0 Å². The Morgan fingerprint density at radius 1 is 1.10 bits per heavy atom. The third kappa shape index (κ3) is 4.56. The summed E-state index contributed by atoms with van der Waals surface area (Å²) >= 11 is 13.5. The van der Waals surface area contributed by atoms with Gasteiger partial charge in [0.2, 0.25) is 5.91 Å². The number of benzene rings is 2. The van der Waals surface area contributed by atoms with Gasteiger partial charge in [0.1, 0.15) is 0 Å². The Kier molecular flexibility index (Phi) is 5.79. The number of nitrogens with one attached hydrogen (secondary N) is 1. The summed E-state index contributed by atoms with van der Waals surface area (Å²) in [5, 5.41) is 3.59. The summed E-state index contributed by atoms with van der Waals surface area (Å²) < 4.78 is 0. The zero-order valence-corrected chi connectivity index (χ0v) is 13.4. The van der Waals surface area contributed by atoms with Gasteiger partial charge < -0.3 is 11.1 Å². The van der Waals surface area contributed by atoms with Gasteiger partial charge in [-0.2, -0.15) is 0 Å². The summed E-state index contributed by atoms with van der Waals surface area (Å²) in [7, 11) is 0. The van der Waals surface area contributed by atoms with Crippen molar-refractivity contribution < 1.29 is 4.79 Å². The van der Waals surface area contributed by atoms with E-state index in [0.29, 0.717) is 27.9 Å². The second-order valence-corrected chi connectivity index (χ2v) is 6.23. The molecule has 6 heteroatoms. The molecule has 3 nitrogen and oxygen atoms in total. The Bertz CT molecular complexity index is 629. The second kappa shape index (κ2) is 7.59. The topological polar surface area (TPSA) is 55.1 Å². The van der Waals surface area contributed by atoms with E-state index in [1.807, 2.05) is 24.3 Å². The molecule has 2 aromatic carbocycles. The van der Waals surface area contributed by atoms with Crippen LogP contribution in [-0.4, -0.2) is 11.7 Å². The lowest BCUT2D eigenvalue weighted by Gasteiger charge is -2.09. The van der Waals surface area contributed by atoms with Crippen molar-refractivity contribution in [1.29, 1.82) is 0 Å². The highest BCUT2D eigenvalue weighted by molar-refractivity contribution is 7.99. The molecular weight excluding hydrogens is 327 g/mol. The van der Waals surface area contributed by atoms with Gasteiger partial charge >= 0.3 is 0 Å². The molecule has 0 saturated carbocycles. The van der Waals surface area contributed by atoms with Gasteiger partial charge in [-0.1, -0.05) is 41.4 Å². The molecule has 2 aromatic rings. The summed E-state index contributed by atoms with van der Waals surface area (Å²) in [6, 6.07) is 12.7. The van der Waals surface area contributed by atoms with Gasteiger partial charge in [-0.3, -0.25) is 4.79 Å². The summed E-state index contributed by atoms with van der Waals surface area (Å²) in [6.45, 7) is 0. The molecule has 3 N–H and O–H groups in total. The lowest BCUT2D eigenvalue weighted by molar-refractivity contribution is -0.115. The quantitative estimate of drug-likeness (QED) is 0.612. The van der Waals surface area contributed by atoms with Crippen LogP contribution in [0.1, 0.15) is 6.42 Å². The summed E-state index contributed by atoms with van der Waals surface area (Å²) in [5.74, 6) is 0.495. The molecular formula is C15H14Cl2N2OS. The summed E-state index contributed by atoms with van der Waals surface area (Å²) in [6.07, 6.45) is 0.348. The van der Waals surface area contributed by atoms with E-state index in [1.165, 1.54) is 0 Å². The molecule has 21 heavy (non-hydrogen) atoms. The van der Waals surface area contributed by atoms with E-state index >= 15 is 0 Å². The van der Waals surface area contributed by atoms with Crippen molar-refractivity contribution in [3.8, 4) is 0 Å².